The van der Waals surface area contributed by atoms with Gasteiger partial charge in [0, 0.05) is 31.7 Å². The lowest BCUT2D eigenvalue weighted by Crippen LogP contribution is -2.32. The Kier molecular flexibility index (Phi) is 5.45. The van der Waals surface area contributed by atoms with Crippen molar-refractivity contribution in [3.05, 3.63) is 29.3 Å². The number of benzene rings is 1. The van der Waals surface area contributed by atoms with Gasteiger partial charge in [-0.2, -0.15) is 0 Å². The second-order valence-electron chi connectivity index (χ2n) is 5.72. The molecule has 1 aromatic rings. The maximum Gasteiger partial charge on any atom is 0.224 e. The first kappa shape index (κ1) is 14.9. The molecule has 1 amide bonds. The van der Waals surface area contributed by atoms with Crippen LogP contribution in [-0.2, 0) is 4.79 Å². The summed E-state index contributed by atoms with van der Waals surface area (Å²) in [7, 11) is 0. The van der Waals surface area contributed by atoms with Gasteiger partial charge in [-0.3, -0.25) is 4.79 Å². The number of aryl methyl sites for hydroxylation is 1. The van der Waals surface area contributed by atoms with Crippen LogP contribution in [0.2, 0.25) is 0 Å². The van der Waals surface area contributed by atoms with Crippen LogP contribution in [0.1, 0.15) is 43.2 Å². The van der Waals surface area contributed by atoms with Crippen LogP contribution in [0.3, 0.4) is 0 Å². The summed E-state index contributed by atoms with van der Waals surface area (Å²) in [6.45, 7) is 6.85. The summed E-state index contributed by atoms with van der Waals surface area (Å²) in [5.74, 6) is 0.296. The van der Waals surface area contributed by atoms with Gasteiger partial charge in [0.2, 0.25) is 5.91 Å². The van der Waals surface area contributed by atoms with Crippen LogP contribution in [0.5, 0.6) is 0 Å². The Bertz CT molecular complexity index is 448. The number of amides is 1. The van der Waals surface area contributed by atoms with E-state index >= 15 is 0 Å². The summed E-state index contributed by atoms with van der Waals surface area (Å²) >= 11 is 0. The van der Waals surface area contributed by atoms with Crippen LogP contribution in [0.25, 0.3) is 0 Å². The lowest BCUT2D eigenvalue weighted by molar-refractivity contribution is -0.130. The molecule has 20 heavy (non-hydrogen) atoms. The second-order valence-corrected chi connectivity index (χ2v) is 5.72. The van der Waals surface area contributed by atoms with Crippen LogP contribution in [0.4, 0.5) is 5.69 Å². The van der Waals surface area contributed by atoms with Gasteiger partial charge in [-0.25, -0.2) is 0 Å². The van der Waals surface area contributed by atoms with E-state index in [9.17, 15) is 4.79 Å². The van der Waals surface area contributed by atoms with E-state index in [1.807, 2.05) is 4.90 Å². The highest BCUT2D eigenvalue weighted by Crippen LogP contribution is 2.18. The number of anilines is 1. The molecule has 0 aliphatic carbocycles. The molecule has 3 nitrogen and oxygen atoms in total. The monoisotopic (exact) mass is 274 g/mol. The third-order valence-corrected chi connectivity index (χ3v) is 4.22. The quantitative estimate of drug-likeness (QED) is 0.911. The average Bonchev–Trinajstić information content (AvgIpc) is 2.72. The molecule has 1 fully saturated rings. The molecule has 0 radical (unpaired) electrons. The summed E-state index contributed by atoms with van der Waals surface area (Å²) in [5, 5.41) is 3.39. The Hall–Kier alpha value is -1.51. The predicted octanol–water partition coefficient (Wildman–Crippen LogP) is 3.51. The summed E-state index contributed by atoms with van der Waals surface area (Å²) in [6.07, 6.45) is 5.45. The summed E-state index contributed by atoms with van der Waals surface area (Å²) in [4.78, 5) is 14.2. The molecular weight excluding hydrogens is 248 g/mol. The fourth-order valence-electron chi connectivity index (χ4n) is 2.72. The highest BCUT2D eigenvalue weighted by Gasteiger charge is 2.14. The number of hydrogen-bond acceptors (Lipinski definition) is 2. The second kappa shape index (κ2) is 7.32. The molecule has 1 saturated heterocycles. The molecule has 1 aromatic carbocycles. The van der Waals surface area contributed by atoms with Gasteiger partial charge in [0.15, 0.2) is 0 Å². The summed E-state index contributed by atoms with van der Waals surface area (Å²) in [6, 6.07) is 6.25. The number of carbonyl (C=O) groups is 1. The van der Waals surface area contributed by atoms with Crippen molar-refractivity contribution in [2.24, 2.45) is 0 Å². The molecule has 1 aliphatic rings. The van der Waals surface area contributed by atoms with E-state index in [4.69, 9.17) is 0 Å². The number of hydrogen-bond donors (Lipinski definition) is 1. The molecule has 1 heterocycles. The largest absolute Gasteiger partial charge is 0.384 e. The standard InChI is InChI=1S/C17H26N2O/c1-14-8-7-9-16(15(14)2)18-11-10-17(20)19-12-5-3-4-6-13-19/h7-9,18H,3-6,10-13H2,1-2H3. The van der Waals surface area contributed by atoms with Crippen molar-refractivity contribution in [3.63, 3.8) is 0 Å². The molecule has 110 valence electrons. The molecule has 0 atom stereocenters. The van der Waals surface area contributed by atoms with Crippen LogP contribution < -0.4 is 5.32 Å². The SMILES string of the molecule is Cc1cccc(NCCC(=O)N2CCCCCC2)c1C. The molecule has 0 saturated carbocycles. The molecule has 3 heteroatoms. The minimum absolute atomic E-state index is 0.296. The van der Waals surface area contributed by atoms with Crippen molar-refractivity contribution in [1.82, 2.24) is 4.90 Å². The maximum absolute atomic E-state index is 12.2. The maximum atomic E-state index is 12.2. The van der Waals surface area contributed by atoms with E-state index in [0.717, 1.165) is 38.2 Å². The molecular formula is C17H26N2O. The van der Waals surface area contributed by atoms with E-state index < -0.39 is 0 Å². The molecule has 0 bridgehead atoms. The molecule has 1 N–H and O–H groups in total. The van der Waals surface area contributed by atoms with E-state index in [1.165, 1.54) is 24.0 Å². The van der Waals surface area contributed by atoms with Crippen molar-refractivity contribution in [2.45, 2.75) is 46.0 Å². The van der Waals surface area contributed by atoms with Gasteiger partial charge in [0.05, 0.1) is 0 Å². The Morgan fingerprint density at radius 3 is 2.55 bits per heavy atom. The van der Waals surface area contributed by atoms with Crippen LogP contribution in [-0.4, -0.2) is 30.4 Å². The third-order valence-electron chi connectivity index (χ3n) is 4.22. The van der Waals surface area contributed by atoms with Crippen molar-refractivity contribution in [2.75, 3.05) is 25.0 Å². The number of nitrogens with one attached hydrogen (secondary N) is 1. The zero-order valence-electron chi connectivity index (χ0n) is 12.7. The number of nitrogens with zero attached hydrogens (tertiary/aromatic N) is 1. The first-order valence-corrected chi connectivity index (χ1v) is 7.76. The zero-order valence-corrected chi connectivity index (χ0v) is 12.7. The number of likely N-dealkylation sites (tertiary alicyclic amines) is 1. The molecule has 0 unspecified atom stereocenters. The number of rotatable bonds is 4. The smallest absolute Gasteiger partial charge is 0.224 e. The number of carbonyl (C=O) groups excluding carboxylic acids is 1. The lowest BCUT2D eigenvalue weighted by atomic mass is 10.1. The van der Waals surface area contributed by atoms with Crippen molar-refractivity contribution in [1.29, 1.82) is 0 Å². The van der Waals surface area contributed by atoms with Gasteiger partial charge in [-0.05, 0) is 43.9 Å². The average molecular weight is 274 g/mol. The summed E-state index contributed by atoms with van der Waals surface area (Å²) in [5.41, 5.74) is 3.71. The normalized spacial score (nSPS) is 15.8. The summed E-state index contributed by atoms with van der Waals surface area (Å²) < 4.78 is 0. The Morgan fingerprint density at radius 1 is 1.15 bits per heavy atom. The molecule has 0 spiro atoms. The van der Waals surface area contributed by atoms with E-state index in [2.05, 4.69) is 37.4 Å². The third kappa shape index (κ3) is 3.99. The molecule has 0 aromatic heterocycles. The van der Waals surface area contributed by atoms with Crippen LogP contribution in [0.15, 0.2) is 18.2 Å². The highest BCUT2D eigenvalue weighted by molar-refractivity contribution is 5.76. The van der Waals surface area contributed by atoms with Crippen LogP contribution in [0, 0.1) is 13.8 Å². The van der Waals surface area contributed by atoms with Gasteiger partial charge in [0.1, 0.15) is 0 Å². The molecule has 2 rings (SSSR count). The van der Waals surface area contributed by atoms with Crippen molar-refractivity contribution in [3.8, 4) is 0 Å². The Balaban J connectivity index is 1.80. The first-order chi connectivity index (χ1) is 9.68. The van der Waals surface area contributed by atoms with Gasteiger partial charge in [-0.15, -0.1) is 0 Å². The van der Waals surface area contributed by atoms with Crippen molar-refractivity contribution >= 4 is 11.6 Å². The minimum Gasteiger partial charge on any atom is -0.384 e. The van der Waals surface area contributed by atoms with Gasteiger partial charge >= 0.3 is 0 Å². The van der Waals surface area contributed by atoms with Crippen LogP contribution >= 0.6 is 0 Å². The first-order valence-electron chi connectivity index (χ1n) is 7.76. The predicted molar refractivity (Wildman–Crippen MR) is 84.1 cm³/mol. The van der Waals surface area contributed by atoms with E-state index in [-0.39, 0.29) is 0 Å². The van der Waals surface area contributed by atoms with Gasteiger partial charge in [0.25, 0.3) is 0 Å². The lowest BCUT2D eigenvalue weighted by Gasteiger charge is -2.20. The topological polar surface area (TPSA) is 32.3 Å². The fourth-order valence-corrected chi connectivity index (χ4v) is 2.72. The van der Waals surface area contributed by atoms with Crippen molar-refractivity contribution < 1.29 is 4.79 Å². The Labute approximate surface area is 122 Å². The highest BCUT2D eigenvalue weighted by atomic mass is 16.2. The zero-order chi connectivity index (χ0) is 14.4. The molecule has 1 aliphatic heterocycles. The van der Waals surface area contributed by atoms with Gasteiger partial charge in [-0.1, -0.05) is 25.0 Å². The van der Waals surface area contributed by atoms with E-state index in [0.29, 0.717) is 12.3 Å². The van der Waals surface area contributed by atoms with E-state index in [1.54, 1.807) is 0 Å². The fraction of sp³-hybridized carbons (Fsp3) is 0.588. The Morgan fingerprint density at radius 2 is 1.85 bits per heavy atom. The van der Waals surface area contributed by atoms with Gasteiger partial charge < -0.3 is 10.2 Å². The minimum atomic E-state index is 0.296.